The Morgan fingerprint density at radius 3 is 2.79 bits per heavy atom. The molecule has 5 heteroatoms. The van der Waals surface area contributed by atoms with E-state index in [4.69, 9.17) is 11.6 Å². The van der Waals surface area contributed by atoms with E-state index in [0.717, 1.165) is 23.0 Å². The highest BCUT2D eigenvalue weighted by molar-refractivity contribution is 8.00. The summed E-state index contributed by atoms with van der Waals surface area (Å²) < 4.78 is 0. The molecule has 0 radical (unpaired) electrons. The van der Waals surface area contributed by atoms with E-state index in [2.05, 4.69) is 19.2 Å². The van der Waals surface area contributed by atoms with E-state index in [9.17, 15) is 4.79 Å². The zero-order chi connectivity index (χ0) is 13.8. The van der Waals surface area contributed by atoms with Gasteiger partial charge in [0.15, 0.2) is 0 Å². The molecule has 1 saturated heterocycles. The van der Waals surface area contributed by atoms with E-state index in [1.54, 1.807) is 11.8 Å². The number of rotatable bonds is 3. The van der Waals surface area contributed by atoms with E-state index in [-0.39, 0.29) is 11.9 Å². The Labute approximate surface area is 123 Å². The van der Waals surface area contributed by atoms with Crippen molar-refractivity contribution < 1.29 is 4.79 Å². The quantitative estimate of drug-likeness (QED) is 0.871. The smallest absolute Gasteiger partial charge is 0.233 e. The summed E-state index contributed by atoms with van der Waals surface area (Å²) in [4.78, 5) is 15.3. The van der Waals surface area contributed by atoms with Gasteiger partial charge in [-0.3, -0.25) is 4.79 Å². The lowest BCUT2D eigenvalue weighted by molar-refractivity contribution is -0.131. The van der Waals surface area contributed by atoms with Crippen LogP contribution in [-0.4, -0.2) is 41.7 Å². The summed E-state index contributed by atoms with van der Waals surface area (Å²) in [5.74, 6) is 0.694. The van der Waals surface area contributed by atoms with Crippen molar-refractivity contribution in [2.45, 2.75) is 30.8 Å². The summed E-state index contributed by atoms with van der Waals surface area (Å²) in [6, 6.07) is 8.22. The molecule has 3 nitrogen and oxygen atoms in total. The number of amides is 1. The fourth-order valence-corrected chi connectivity index (χ4v) is 3.08. The average molecular weight is 299 g/mol. The van der Waals surface area contributed by atoms with Crippen molar-refractivity contribution in [1.82, 2.24) is 10.2 Å². The molecular weight excluding hydrogens is 280 g/mol. The molecule has 0 aromatic heterocycles. The molecule has 0 aliphatic carbocycles. The predicted octanol–water partition coefficient (Wildman–Crippen LogP) is 2.64. The van der Waals surface area contributed by atoms with Crippen LogP contribution in [0.2, 0.25) is 5.02 Å². The van der Waals surface area contributed by atoms with Crippen LogP contribution in [0.4, 0.5) is 0 Å². The van der Waals surface area contributed by atoms with Gasteiger partial charge in [0.05, 0.1) is 5.75 Å². The van der Waals surface area contributed by atoms with Crippen molar-refractivity contribution in [3.05, 3.63) is 29.3 Å². The van der Waals surface area contributed by atoms with Crippen LogP contribution in [0.3, 0.4) is 0 Å². The zero-order valence-corrected chi connectivity index (χ0v) is 12.8. The summed E-state index contributed by atoms with van der Waals surface area (Å²) in [5, 5.41) is 4.10. The lowest BCUT2D eigenvalue weighted by Crippen LogP contribution is -2.57. The van der Waals surface area contributed by atoms with Gasteiger partial charge in [-0.1, -0.05) is 11.6 Å². The SMILES string of the molecule is CC1NCCN(C(=O)CSc2ccc(Cl)cc2)C1C. The van der Waals surface area contributed by atoms with Crippen LogP contribution in [0.25, 0.3) is 0 Å². The van der Waals surface area contributed by atoms with E-state index in [1.807, 2.05) is 29.2 Å². The third-order valence-corrected chi connectivity index (χ3v) is 4.78. The highest BCUT2D eigenvalue weighted by atomic mass is 35.5. The van der Waals surface area contributed by atoms with Crippen molar-refractivity contribution in [2.75, 3.05) is 18.8 Å². The van der Waals surface area contributed by atoms with Crippen LogP contribution in [0.1, 0.15) is 13.8 Å². The minimum atomic E-state index is 0.209. The van der Waals surface area contributed by atoms with Gasteiger partial charge in [0.25, 0.3) is 0 Å². The van der Waals surface area contributed by atoms with Gasteiger partial charge in [-0.05, 0) is 38.1 Å². The second-order valence-corrected chi connectivity index (χ2v) is 6.30. The van der Waals surface area contributed by atoms with Crippen molar-refractivity contribution in [3.63, 3.8) is 0 Å². The standard InChI is InChI=1S/C14H19ClN2OS/c1-10-11(2)17(8-7-16-10)14(18)9-19-13-5-3-12(15)4-6-13/h3-6,10-11,16H,7-9H2,1-2H3. The number of nitrogens with zero attached hydrogens (tertiary/aromatic N) is 1. The largest absolute Gasteiger partial charge is 0.336 e. The highest BCUT2D eigenvalue weighted by Crippen LogP contribution is 2.21. The van der Waals surface area contributed by atoms with Crippen LogP contribution in [0, 0.1) is 0 Å². The molecule has 1 aromatic carbocycles. The van der Waals surface area contributed by atoms with Gasteiger partial charge < -0.3 is 10.2 Å². The molecule has 2 rings (SSSR count). The average Bonchev–Trinajstić information content (AvgIpc) is 2.41. The third kappa shape index (κ3) is 3.88. The normalized spacial score (nSPS) is 23.4. The van der Waals surface area contributed by atoms with Gasteiger partial charge in [0.2, 0.25) is 5.91 Å². The van der Waals surface area contributed by atoms with Gasteiger partial charge in [-0.2, -0.15) is 0 Å². The molecule has 1 fully saturated rings. The van der Waals surface area contributed by atoms with Gasteiger partial charge in [0.1, 0.15) is 0 Å². The molecule has 1 heterocycles. The molecule has 0 spiro atoms. The molecule has 2 unspecified atom stereocenters. The summed E-state index contributed by atoms with van der Waals surface area (Å²) in [6.07, 6.45) is 0. The van der Waals surface area contributed by atoms with Crippen molar-refractivity contribution >= 4 is 29.3 Å². The minimum absolute atomic E-state index is 0.209. The number of halogens is 1. The predicted molar refractivity (Wildman–Crippen MR) is 80.8 cm³/mol. The van der Waals surface area contributed by atoms with Crippen molar-refractivity contribution in [2.24, 2.45) is 0 Å². The first-order valence-corrected chi connectivity index (χ1v) is 7.85. The first-order chi connectivity index (χ1) is 9.08. The van der Waals surface area contributed by atoms with Crippen LogP contribution in [0.5, 0.6) is 0 Å². The van der Waals surface area contributed by atoms with E-state index >= 15 is 0 Å². The maximum atomic E-state index is 12.2. The monoisotopic (exact) mass is 298 g/mol. The molecule has 19 heavy (non-hydrogen) atoms. The third-order valence-electron chi connectivity index (χ3n) is 3.53. The number of piperazine rings is 1. The Balaban J connectivity index is 1.88. The van der Waals surface area contributed by atoms with Crippen LogP contribution in [-0.2, 0) is 4.79 Å². The number of nitrogens with one attached hydrogen (secondary N) is 1. The molecule has 1 aliphatic rings. The number of hydrogen-bond donors (Lipinski definition) is 1. The van der Waals surface area contributed by atoms with Gasteiger partial charge >= 0.3 is 0 Å². The summed E-state index contributed by atoms with van der Waals surface area (Å²) >= 11 is 7.40. The number of thioether (sulfide) groups is 1. The topological polar surface area (TPSA) is 32.3 Å². The van der Waals surface area contributed by atoms with Gasteiger partial charge in [0, 0.05) is 35.1 Å². The van der Waals surface area contributed by atoms with E-state index < -0.39 is 0 Å². The van der Waals surface area contributed by atoms with Crippen LogP contribution >= 0.6 is 23.4 Å². The van der Waals surface area contributed by atoms with Crippen LogP contribution < -0.4 is 5.32 Å². The lowest BCUT2D eigenvalue weighted by Gasteiger charge is -2.38. The molecule has 104 valence electrons. The Kier molecular flexibility index (Phi) is 5.13. The summed E-state index contributed by atoms with van der Waals surface area (Å²) in [5.41, 5.74) is 0. The number of carbonyl (C=O) groups excluding carboxylic acids is 1. The lowest BCUT2D eigenvalue weighted by atomic mass is 10.1. The second-order valence-electron chi connectivity index (χ2n) is 4.81. The fourth-order valence-electron chi connectivity index (χ4n) is 2.17. The number of hydrogen-bond acceptors (Lipinski definition) is 3. The Morgan fingerprint density at radius 2 is 2.11 bits per heavy atom. The molecule has 0 saturated carbocycles. The Bertz CT molecular complexity index is 438. The van der Waals surface area contributed by atoms with E-state index in [1.165, 1.54) is 0 Å². The van der Waals surface area contributed by atoms with Gasteiger partial charge in [-0.25, -0.2) is 0 Å². The first kappa shape index (κ1) is 14.7. The molecular formula is C14H19ClN2OS. The van der Waals surface area contributed by atoms with E-state index in [0.29, 0.717) is 11.8 Å². The maximum Gasteiger partial charge on any atom is 0.233 e. The van der Waals surface area contributed by atoms with Gasteiger partial charge in [-0.15, -0.1) is 11.8 Å². The number of benzene rings is 1. The zero-order valence-electron chi connectivity index (χ0n) is 11.2. The molecule has 0 bridgehead atoms. The molecule has 1 N–H and O–H groups in total. The Morgan fingerprint density at radius 1 is 1.42 bits per heavy atom. The number of carbonyl (C=O) groups is 1. The second kappa shape index (κ2) is 6.64. The maximum absolute atomic E-state index is 12.2. The molecule has 1 aliphatic heterocycles. The molecule has 1 aromatic rings. The first-order valence-electron chi connectivity index (χ1n) is 6.49. The van der Waals surface area contributed by atoms with Crippen LogP contribution in [0.15, 0.2) is 29.2 Å². The minimum Gasteiger partial charge on any atom is -0.336 e. The summed E-state index contributed by atoms with van der Waals surface area (Å²) in [7, 11) is 0. The summed E-state index contributed by atoms with van der Waals surface area (Å²) in [6.45, 7) is 5.90. The highest BCUT2D eigenvalue weighted by Gasteiger charge is 2.27. The fraction of sp³-hybridized carbons (Fsp3) is 0.500. The molecule has 2 atom stereocenters. The Hall–Kier alpha value is -0.710. The van der Waals surface area contributed by atoms with Crippen molar-refractivity contribution in [3.8, 4) is 0 Å². The molecule has 1 amide bonds. The van der Waals surface area contributed by atoms with Crippen molar-refractivity contribution in [1.29, 1.82) is 0 Å².